The van der Waals surface area contributed by atoms with Crippen molar-refractivity contribution in [3.63, 3.8) is 0 Å². The second kappa shape index (κ2) is 7.36. The highest BCUT2D eigenvalue weighted by atomic mass is 32.2. The maximum Gasteiger partial charge on any atom is 0.255 e. The van der Waals surface area contributed by atoms with Gasteiger partial charge in [-0.15, -0.1) is 0 Å². The van der Waals surface area contributed by atoms with Gasteiger partial charge in [-0.3, -0.25) is 4.79 Å². The molecular formula is C9H16N4O2S2. The van der Waals surface area contributed by atoms with Crippen molar-refractivity contribution in [3.05, 3.63) is 5.56 Å². The fourth-order valence-electron chi connectivity index (χ4n) is 1.17. The van der Waals surface area contributed by atoms with Crippen molar-refractivity contribution in [2.45, 2.75) is 6.42 Å². The van der Waals surface area contributed by atoms with Crippen molar-refractivity contribution in [2.24, 2.45) is 5.73 Å². The third-order valence-corrected chi connectivity index (χ3v) is 3.83. The number of nitrogens with two attached hydrogens (primary N) is 2. The fraction of sp³-hybridized carbons (Fsp3) is 0.556. The number of anilines is 2. The third kappa shape index (κ3) is 4.41. The Hall–Kier alpha value is -0.990. The zero-order valence-corrected chi connectivity index (χ0v) is 10.9. The van der Waals surface area contributed by atoms with E-state index in [0.29, 0.717) is 11.5 Å². The van der Waals surface area contributed by atoms with Crippen LogP contribution in [0.4, 0.5) is 10.8 Å². The molecule has 0 atom stereocenters. The van der Waals surface area contributed by atoms with Crippen molar-refractivity contribution in [2.75, 3.05) is 35.7 Å². The Morgan fingerprint density at radius 2 is 2.29 bits per heavy atom. The molecule has 0 aliphatic carbocycles. The van der Waals surface area contributed by atoms with Gasteiger partial charge in [0.1, 0.15) is 10.6 Å². The van der Waals surface area contributed by atoms with Gasteiger partial charge in [0.05, 0.1) is 0 Å². The van der Waals surface area contributed by atoms with E-state index in [4.69, 9.17) is 16.6 Å². The first-order valence-corrected chi connectivity index (χ1v) is 7.07. The highest BCUT2D eigenvalue weighted by Crippen LogP contribution is 2.25. The molecule has 0 aromatic carbocycles. The van der Waals surface area contributed by atoms with Gasteiger partial charge < -0.3 is 21.9 Å². The predicted octanol–water partition coefficient (Wildman–Crippen LogP) is 0.352. The van der Waals surface area contributed by atoms with E-state index in [2.05, 4.69) is 9.69 Å². The number of thioether (sulfide) groups is 1. The van der Waals surface area contributed by atoms with Crippen LogP contribution in [0.5, 0.6) is 0 Å². The molecule has 0 aliphatic heterocycles. The Kier molecular flexibility index (Phi) is 6.09. The van der Waals surface area contributed by atoms with Gasteiger partial charge in [-0.2, -0.15) is 16.1 Å². The van der Waals surface area contributed by atoms with Gasteiger partial charge in [0.15, 0.2) is 5.82 Å². The number of carbonyl (C=O) groups excluding carboxylic acids is 1. The molecule has 0 bridgehead atoms. The molecule has 17 heavy (non-hydrogen) atoms. The lowest BCUT2D eigenvalue weighted by molar-refractivity contribution is 0.100. The number of carbonyl (C=O) groups is 1. The number of primary amides is 1. The molecule has 1 rings (SSSR count). The SMILES string of the molecule is NC(=O)c1c(N)nsc1NCCSCCCO. The average molecular weight is 276 g/mol. The second-order valence-corrected chi connectivity index (χ2v) is 5.25. The number of hydrogen-bond acceptors (Lipinski definition) is 7. The fourth-order valence-corrected chi connectivity index (χ4v) is 2.69. The van der Waals surface area contributed by atoms with Crippen LogP contribution in [-0.2, 0) is 0 Å². The van der Waals surface area contributed by atoms with Gasteiger partial charge in [-0.25, -0.2) is 0 Å². The Labute approximate surface area is 108 Å². The molecular weight excluding hydrogens is 260 g/mol. The molecule has 96 valence electrons. The molecule has 1 amide bonds. The third-order valence-electron chi connectivity index (χ3n) is 1.94. The maximum atomic E-state index is 11.1. The predicted molar refractivity (Wildman–Crippen MR) is 72.6 cm³/mol. The Morgan fingerprint density at radius 1 is 1.53 bits per heavy atom. The summed E-state index contributed by atoms with van der Waals surface area (Å²) in [6, 6.07) is 0. The van der Waals surface area contributed by atoms with E-state index < -0.39 is 5.91 Å². The van der Waals surface area contributed by atoms with E-state index in [1.807, 2.05) is 0 Å². The Bertz CT molecular complexity index is 370. The minimum atomic E-state index is -0.563. The molecule has 1 heterocycles. The van der Waals surface area contributed by atoms with E-state index in [-0.39, 0.29) is 18.0 Å². The van der Waals surface area contributed by atoms with Crippen molar-refractivity contribution >= 4 is 40.0 Å². The quantitative estimate of drug-likeness (QED) is 0.509. The molecule has 0 spiro atoms. The van der Waals surface area contributed by atoms with E-state index in [0.717, 1.165) is 29.5 Å². The van der Waals surface area contributed by atoms with Crippen molar-refractivity contribution < 1.29 is 9.90 Å². The minimum absolute atomic E-state index is 0.179. The number of aliphatic hydroxyl groups is 1. The molecule has 6 N–H and O–H groups in total. The second-order valence-electron chi connectivity index (χ2n) is 3.25. The molecule has 8 heteroatoms. The summed E-state index contributed by atoms with van der Waals surface area (Å²) in [5.74, 6) is 1.42. The number of nitrogen functional groups attached to an aromatic ring is 1. The smallest absolute Gasteiger partial charge is 0.255 e. The lowest BCUT2D eigenvalue weighted by Gasteiger charge is -2.04. The molecule has 1 aromatic heterocycles. The van der Waals surface area contributed by atoms with Crippen LogP contribution in [0.15, 0.2) is 0 Å². The summed E-state index contributed by atoms with van der Waals surface area (Å²) < 4.78 is 3.88. The maximum absolute atomic E-state index is 11.1. The zero-order valence-electron chi connectivity index (χ0n) is 9.31. The number of rotatable bonds is 8. The molecule has 0 fully saturated rings. The van der Waals surface area contributed by atoms with Gasteiger partial charge in [-0.05, 0) is 23.7 Å². The summed E-state index contributed by atoms with van der Waals surface area (Å²) in [7, 11) is 0. The molecule has 6 nitrogen and oxygen atoms in total. The molecule has 0 unspecified atom stereocenters. The van der Waals surface area contributed by atoms with Gasteiger partial charge >= 0.3 is 0 Å². The van der Waals surface area contributed by atoms with Gasteiger partial charge in [0, 0.05) is 18.9 Å². The summed E-state index contributed by atoms with van der Waals surface area (Å²) in [4.78, 5) is 11.1. The highest BCUT2D eigenvalue weighted by Gasteiger charge is 2.15. The Morgan fingerprint density at radius 3 is 2.94 bits per heavy atom. The molecule has 0 radical (unpaired) electrons. The average Bonchev–Trinajstić information content (AvgIpc) is 2.65. The largest absolute Gasteiger partial charge is 0.396 e. The van der Waals surface area contributed by atoms with Crippen LogP contribution in [0.1, 0.15) is 16.8 Å². The first-order chi connectivity index (χ1) is 8.16. The summed E-state index contributed by atoms with van der Waals surface area (Å²) in [6.45, 7) is 0.926. The van der Waals surface area contributed by atoms with Crippen molar-refractivity contribution in [1.29, 1.82) is 0 Å². The van der Waals surface area contributed by atoms with Crippen LogP contribution in [0.25, 0.3) is 0 Å². The van der Waals surface area contributed by atoms with Crippen LogP contribution in [0, 0.1) is 0 Å². The van der Waals surface area contributed by atoms with Gasteiger partial charge in [0.2, 0.25) is 0 Å². The summed E-state index contributed by atoms with van der Waals surface area (Å²) in [6.07, 6.45) is 0.796. The van der Waals surface area contributed by atoms with Crippen LogP contribution in [0.2, 0.25) is 0 Å². The van der Waals surface area contributed by atoms with Crippen LogP contribution >= 0.6 is 23.3 Å². The lowest BCUT2D eigenvalue weighted by Crippen LogP contribution is -2.15. The number of nitrogens with one attached hydrogen (secondary N) is 1. The zero-order chi connectivity index (χ0) is 12.7. The Balaban J connectivity index is 2.34. The number of amides is 1. The van der Waals surface area contributed by atoms with E-state index in [9.17, 15) is 4.79 Å². The van der Waals surface area contributed by atoms with E-state index >= 15 is 0 Å². The number of hydrogen-bond donors (Lipinski definition) is 4. The van der Waals surface area contributed by atoms with Crippen molar-refractivity contribution in [1.82, 2.24) is 4.37 Å². The van der Waals surface area contributed by atoms with Crippen LogP contribution in [-0.4, -0.2) is 40.0 Å². The molecule has 0 saturated heterocycles. The number of aliphatic hydroxyl groups excluding tert-OH is 1. The number of nitrogens with zero attached hydrogens (tertiary/aromatic N) is 1. The standard InChI is InChI=1S/C9H16N4O2S2/c10-7-6(8(11)15)9(17-13-7)12-2-5-16-4-1-3-14/h12,14H,1-5H2,(H2,10,13)(H2,11,15). The first-order valence-electron chi connectivity index (χ1n) is 5.14. The minimum Gasteiger partial charge on any atom is -0.396 e. The van der Waals surface area contributed by atoms with E-state index in [1.165, 1.54) is 0 Å². The van der Waals surface area contributed by atoms with Crippen LogP contribution < -0.4 is 16.8 Å². The van der Waals surface area contributed by atoms with Crippen LogP contribution in [0.3, 0.4) is 0 Å². The molecule has 1 aromatic rings. The van der Waals surface area contributed by atoms with E-state index in [1.54, 1.807) is 11.8 Å². The monoisotopic (exact) mass is 276 g/mol. The van der Waals surface area contributed by atoms with Gasteiger partial charge in [0.25, 0.3) is 5.91 Å². The number of aromatic nitrogens is 1. The topological polar surface area (TPSA) is 114 Å². The van der Waals surface area contributed by atoms with Gasteiger partial charge in [-0.1, -0.05) is 0 Å². The summed E-state index contributed by atoms with van der Waals surface area (Å²) in [5, 5.41) is 12.3. The first kappa shape index (κ1) is 14.1. The van der Waals surface area contributed by atoms with Crippen molar-refractivity contribution in [3.8, 4) is 0 Å². The summed E-state index contributed by atoms with van der Waals surface area (Å²) >= 11 is 2.87. The normalized spacial score (nSPS) is 10.4. The highest BCUT2D eigenvalue weighted by molar-refractivity contribution is 7.99. The molecule has 0 aliphatic rings. The summed E-state index contributed by atoms with van der Waals surface area (Å²) in [5.41, 5.74) is 11.0. The lowest BCUT2D eigenvalue weighted by atomic mass is 10.3. The molecule has 0 saturated carbocycles.